The standard InChI is InChI=1S/C57H99N2O7P/c1-7-10-13-16-19-22-25-27-28-29-30-32-34-37-40-43-46-49-56(60)58-54(53-65-67(62,63)64-52-51-59(4,5)6)55(48-45-42-39-36-33-24-21-18-15-12-9-3)66-57(61)50-47-44-41-38-35-31-26-23-20-17-14-11-8-2/h11,14,17,19-20,22-23,26-28,30,32,37,40,45,48,54-55H,7-10,12-13,15-16,18,21,24-25,29,31,33-36,38-39,41-44,46-47,49-53H2,1-6H3,(H-,58,60,62,63)/b14-11+,20-17+,22-19-,26-23-,28-27-,32-30-,40-37-,48-45-. The van der Waals surface area contributed by atoms with E-state index in [-0.39, 0.29) is 31.3 Å². The Morgan fingerprint density at radius 3 is 1.61 bits per heavy atom. The highest BCUT2D eigenvalue weighted by atomic mass is 31.2. The molecule has 0 fully saturated rings. The number of esters is 1. The second-order valence-electron chi connectivity index (χ2n) is 18.7. The monoisotopic (exact) mass is 955 g/mol. The van der Waals surface area contributed by atoms with Crippen LogP contribution in [0.3, 0.4) is 0 Å². The lowest BCUT2D eigenvalue weighted by atomic mass is 10.1. The van der Waals surface area contributed by atoms with Crippen molar-refractivity contribution >= 4 is 19.7 Å². The van der Waals surface area contributed by atoms with E-state index in [1.54, 1.807) is 6.08 Å². The largest absolute Gasteiger partial charge is 0.756 e. The second-order valence-corrected chi connectivity index (χ2v) is 20.1. The molecule has 0 rings (SSSR count). The number of rotatable bonds is 46. The average Bonchev–Trinajstić information content (AvgIpc) is 3.28. The molecular formula is C57H99N2O7P. The van der Waals surface area contributed by atoms with Crippen LogP contribution >= 0.6 is 7.82 Å². The van der Waals surface area contributed by atoms with Gasteiger partial charge in [-0.05, 0) is 89.5 Å². The fourth-order valence-electron chi connectivity index (χ4n) is 6.92. The van der Waals surface area contributed by atoms with Crippen LogP contribution in [0.5, 0.6) is 0 Å². The summed E-state index contributed by atoms with van der Waals surface area (Å²) in [5.41, 5.74) is 0. The minimum Gasteiger partial charge on any atom is -0.756 e. The van der Waals surface area contributed by atoms with Gasteiger partial charge in [-0.2, -0.15) is 0 Å². The van der Waals surface area contributed by atoms with Crippen molar-refractivity contribution in [3.8, 4) is 0 Å². The number of hydrogen-bond donors (Lipinski definition) is 1. The molecule has 67 heavy (non-hydrogen) atoms. The van der Waals surface area contributed by atoms with Crippen LogP contribution in [0.25, 0.3) is 0 Å². The number of nitrogens with zero attached hydrogens (tertiary/aromatic N) is 1. The second kappa shape index (κ2) is 46.6. The predicted octanol–water partition coefficient (Wildman–Crippen LogP) is 15.0. The number of unbranched alkanes of at least 4 members (excludes halogenated alkanes) is 18. The maximum atomic E-state index is 13.4. The van der Waals surface area contributed by atoms with E-state index < -0.39 is 26.6 Å². The number of carbonyl (C=O) groups is 2. The van der Waals surface area contributed by atoms with Crippen molar-refractivity contribution in [3.05, 3.63) is 97.2 Å². The zero-order valence-electron chi connectivity index (χ0n) is 43.6. The van der Waals surface area contributed by atoms with Gasteiger partial charge in [-0.3, -0.25) is 14.2 Å². The van der Waals surface area contributed by atoms with Crippen molar-refractivity contribution in [3.63, 3.8) is 0 Å². The van der Waals surface area contributed by atoms with E-state index >= 15 is 0 Å². The summed E-state index contributed by atoms with van der Waals surface area (Å²) in [4.78, 5) is 39.7. The van der Waals surface area contributed by atoms with Gasteiger partial charge in [0, 0.05) is 12.8 Å². The third-order valence-electron chi connectivity index (χ3n) is 11.1. The Morgan fingerprint density at radius 2 is 1.03 bits per heavy atom. The van der Waals surface area contributed by atoms with Gasteiger partial charge in [0.25, 0.3) is 7.82 Å². The molecule has 10 heteroatoms. The van der Waals surface area contributed by atoms with Gasteiger partial charge in [0.15, 0.2) is 0 Å². The Labute approximate surface area is 411 Å². The minimum absolute atomic E-state index is 0.0408. The van der Waals surface area contributed by atoms with Crippen LogP contribution in [-0.4, -0.2) is 69.4 Å². The van der Waals surface area contributed by atoms with E-state index in [4.69, 9.17) is 13.8 Å². The average molecular weight is 955 g/mol. The number of carbonyl (C=O) groups excluding carboxylic acids is 2. The first-order chi connectivity index (χ1) is 32.4. The molecule has 0 radical (unpaired) electrons. The van der Waals surface area contributed by atoms with Gasteiger partial charge in [-0.25, -0.2) is 0 Å². The van der Waals surface area contributed by atoms with Crippen LogP contribution in [0.15, 0.2) is 97.2 Å². The van der Waals surface area contributed by atoms with E-state index in [1.807, 2.05) is 33.3 Å². The molecule has 3 atom stereocenters. The Morgan fingerprint density at radius 1 is 0.552 bits per heavy atom. The normalized spacial score (nSPS) is 14.7. The summed E-state index contributed by atoms with van der Waals surface area (Å²) < 4.78 is 30.1. The van der Waals surface area contributed by atoms with Gasteiger partial charge in [0.05, 0.1) is 33.8 Å². The quantitative estimate of drug-likeness (QED) is 0.0161. The SMILES string of the molecule is CC/C=C/C=C/C=C\CCCCCCCC(=O)OC(/C=C\CCCCCCCCCCC)C(COP(=O)([O-])OCC[N+](C)(C)C)NC(=O)CCC/C=C\C/C=C\C/C=C\C/C=C\CCCCC. The van der Waals surface area contributed by atoms with Crippen molar-refractivity contribution in [1.82, 2.24) is 5.32 Å². The summed E-state index contributed by atoms with van der Waals surface area (Å²) in [6.07, 6.45) is 61.0. The molecule has 0 bridgehead atoms. The van der Waals surface area contributed by atoms with E-state index in [9.17, 15) is 19.0 Å². The van der Waals surface area contributed by atoms with E-state index in [0.29, 0.717) is 23.9 Å². The number of ether oxygens (including phenoxy) is 1. The molecule has 0 heterocycles. The minimum atomic E-state index is -4.71. The van der Waals surface area contributed by atoms with Gasteiger partial charge in [-0.15, -0.1) is 0 Å². The molecule has 0 aromatic heterocycles. The lowest BCUT2D eigenvalue weighted by molar-refractivity contribution is -0.870. The number of likely N-dealkylation sites (N-methyl/N-ethyl adjacent to an activating group) is 1. The Kier molecular flexibility index (Phi) is 44.5. The number of hydrogen-bond acceptors (Lipinski definition) is 7. The van der Waals surface area contributed by atoms with Gasteiger partial charge < -0.3 is 28.5 Å². The van der Waals surface area contributed by atoms with Crippen molar-refractivity contribution in [1.29, 1.82) is 0 Å². The molecule has 0 saturated carbocycles. The van der Waals surface area contributed by atoms with Gasteiger partial charge in [0.1, 0.15) is 19.3 Å². The highest BCUT2D eigenvalue weighted by Gasteiger charge is 2.27. The van der Waals surface area contributed by atoms with Crippen molar-refractivity contribution in [2.45, 2.75) is 213 Å². The molecule has 0 aliphatic carbocycles. The lowest BCUT2D eigenvalue weighted by Gasteiger charge is -2.30. The zero-order valence-corrected chi connectivity index (χ0v) is 44.5. The van der Waals surface area contributed by atoms with Gasteiger partial charge in [0.2, 0.25) is 5.91 Å². The Bertz CT molecular complexity index is 1470. The molecule has 0 saturated heterocycles. The summed E-state index contributed by atoms with van der Waals surface area (Å²) in [6, 6.07) is -0.929. The third-order valence-corrected chi connectivity index (χ3v) is 12.0. The van der Waals surface area contributed by atoms with Gasteiger partial charge >= 0.3 is 5.97 Å². The first kappa shape index (κ1) is 63.9. The summed E-state index contributed by atoms with van der Waals surface area (Å²) in [5.74, 6) is -0.641. The topological polar surface area (TPSA) is 114 Å². The molecule has 3 unspecified atom stereocenters. The number of phosphoric ester groups is 1. The lowest BCUT2D eigenvalue weighted by Crippen LogP contribution is -2.47. The first-order valence-corrected chi connectivity index (χ1v) is 28.0. The molecule has 0 aliphatic rings. The third kappa shape index (κ3) is 47.8. The Balaban J connectivity index is 5.52. The molecule has 9 nitrogen and oxygen atoms in total. The zero-order chi connectivity index (χ0) is 49.4. The van der Waals surface area contributed by atoms with E-state index in [0.717, 1.165) is 83.5 Å². The molecule has 384 valence electrons. The van der Waals surface area contributed by atoms with Crippen LogP contribution in [0, 0.1) is 0 Å². The smallest absolute Gasteiger partial charge is 0.306 e. The molecule has 0 aromatic rings. The van der Waals surface area contributed by atoms with Crippen molar-refractivity contribution in [2.24, 2.45) is 0 Å². The maximum Gasteiger partial charge on any atom is 0.306 e. The highest BCUT2D eigenvalue weighted by Crippen LogP contribution is 2.38. The summed E-state index contributed by atoms with van der Waals surface area (Å²) in [7, 11) is 1.12. The van der Waals surface area contributed by atoms with E-state index in [1.165, 1.54) is 70.6 Å². The molecule has 1 N–H and O–H groups in total. The fraction of sp³-hybridized carbons (Fsp3) is 0.684. The number of amides is 1. The molecular weight excluding hydrogens is 856 g/mol. The molecule has 1 amide bonds. The number of phosphoric acid groups is 1. The number of nitrogens with one attached hydrogen (secondary N) is 1. The van der Waals surface area contributed by atoms with Crippen molar-refractivity contribution in [2.75, 3.05) is 40.9 Å². The van der Waals surface area contributed by atoms with Crippen LogP contribution in [-0.2, 0) is 27.9 Å². The van der Waals surface area contributed by atoms with Crippen LogP contribution < -0.4 is 10.2 Å². The Hall–Kier alpha value is -3.07. The van der Waals surface area contributed by atoms with Crippen LogP contribution in [0.4, 0.5) is 0 Å². The van der Waals surface area contributed by atoms with E-state index in [2.05, 4.69) is 105 Å². The van der Waals surface area contributed by atoms with Crippen molar-refractivity contribution < 1.29 is 37.3 Å². The van der Waals surface area contributed by atoms with Crippen LogP contribution in [0.1, 0.15) is 201 Å². The molecule has 0 spiro atoms. The summed E-state index contributed by atoms with van der Waals surface area (Å²) in [5, 5.41) is 2.97. The maximum absolute atomic E-state index is 13.4. The van der Waals surface area contributed by atoms with Gasteiger partial charge in [-0.1, -0.05) is 195 Å². The highest BCUT2D eigenvalue weighted by molar-refractivity contribution is 7.45. The summed E-state index contributed by atoms with van der Waals surface area (Å²) in [6.45, 7) is 6.58. The first-order valence-electron chi connectivity index (χ1n) is 26.6. The number of allylic oxidation sites excluding steroid dienone is 15. The van der Waals surface area contributed by atoms with Crippen LogP contribution in [0.2, 0.25) is 0 Å². The summed E-state index contributed by atoms with van der Waals surface area (Å²) >= 11 is 0. The predicted molar refractivity (Wildman–Crippen MR) is 284 cm³/mol. The molecule has 0 aliphatic heterocycles. The fourth-order valence-corrected chi connectivity index (χ4v) is 7.65. The number of quaternary nitrogens is 1. The molecule has 0 aromatic carbocycles.